The molecule has 7 nitrogen and oxygen atoms in total. The molecule has 1 amide bonds. The van der Waals surface area contributed by atoms with Crippen molar-refractivity contribution in [3.05, 3.63) is 52.5 Å². The van der Waals surface area contributed by atoms with Crippen LogP contribution in [0.1, 0.15) is 19.8 Å². The van der Waals surface area contributed by atoms with Crippen LogP contribution in [0.4, 0.5) is 5.69 Å². The van der Waals surface area contributed by atoms with Crippen molar-refractivity contribution in [2.75, 3.05) is 44.2 Å². The van der Waals surface area contributed by atoms with Crippen molar-refractivity contribution in [1.29, 1.82) is 0 Å². The number of unbranched alkanes of at least 4 members (excludes halogenated alkanes) is 1. The molecule has 2 aromatic carbocycles. The van der Waals surface area contributed by atoms with E-state index in [4.69, 9.17) is 27.9 Å². The molecule has 0 aromatic heterocycles. The monoisotopic (exact) mass is 499 g/mol. The Morgan fingerprint density at radius 1 is 1.09 bits per heavy atom. The number of ether oxygens (including phenoxy) is 1. The van der Waals surface area contributed by atoms with Crippen LogP contribution in [0.3, 0.4) is 0 Å². The van der Waals surface area contributed by atoms with Gasteiger partial charge in [0.05, 0.1) is 9.92 Å². The number of rotatable bonds is 9. The molecule has 1 saturated heterocycles. The standard InChI is InChI=1S/C22H27Cl2N3O4S/c1-2-3-9-25-32(29,30)19-7-8-21(20(24)15-19)31-16-22(28)27-12-10-26(11-13-27)18-6-4-5-17(23)14-18/h4-8,14-15,25H,2-3,9-13,16H2,1H3. The number of piperazine rings is 1. The summed E-state index contributed by atoms with van der Waals surface area (Å²) in [7, 11) is -3.63. The molecule has 0 bridgehead atoms. The minimum absolute atomic E-state index is 0.0643. The van der Waals surface area contributed by atoms with Crippen molar-refractivity contribution < 1.29 is 17.9 Å². The van der Waals surface area contributed by atoms with Crippen LogP contribution in [0.5, 0.6) is 5.75 Å². The predicted molar refractivity (Wildman–Crippen MR) is 127 cm³/mol. The fraction of sp³-hybridized carbons (Fsp3) is 0.409. The molecule has 0 saturated carbocycles. The van der Waals surface area contributed by atoms with Gasteiger partial charge in [0.2, 0.25) is 10.0 Å². The highest BCUT2D eigenvalue weighted by molar-refractivity contribution is 7.89. The zero-order valence-corrected chi connectivity index (χ0v) is 20.2. The number of anilines is 1. The highest BCUT2D eigenvalue weighted by Gasteiger charge is 2.22. The summed E-state index contributed by atoms with van der Waals surface area (Å²) in [6, 6.07) is 11.9. The van der Waals surface area contributed by atoms with Gasteiger partial charge in [-0.15, -0.1) is 0 Å². The van der Waals surface area contributed by atoms with Crippen LogP contribution < -0.4 is 14.4 Å². The molecule has 1 aliphatic rings. The average Bonchev–Trinajstić information content (AvgIpc) is 2.78. The SMILES string of the molecule is CCCCNS(=O)(=O)c1ccc(OCC(=O)N2CCN(c3cccc(Cl)c3)CC2)c(Cl)c1. The van der Waals surface area contributed by atoms with Crippen LogP contribution in [0.15, 0.2) is 47.4 Å². The van der Waals surface area contributed by atoms with Crippen molar-refractivity contribution in [2.45, 2.75) is 24.7 Å². The summed E-state index contributed by atoms with van der Waals surface area (Å²) in [5, 5.41) is 0.823. The number of halogens is 2. The second-order valence-corrected chi connectivity index (χ2v) is 10.1. The van der Waals surface area contributed by atoms with Crippen LogP contribution in [-0.4, -0.2) is 58.6 Å². The number of carbonyl (C=O) groups is 1. The van der Waals surface area contributed by atoms with Gasteiger partial charge in [-0.2, -0.15) is 0 Å². The van der Waals surface area contributed by atoms with E-state index in [-0.39, 0.29) is 28.2 Å². The van der Waals surface area contributed by atoms with Gasteiger partial charge in [0, 0.05) is 43.4 Å². The molecule has 0 spiro atoms. The van der Waals surface area contributed by atoms with Crippen molar-refractivity contribution in [1.82, 2.24) is 9.62 Å². The summed E-state index contributed by atoms with van der Waals surface area (Å²) in [6.07, 6.45) is 1.64. The Kier molecular flexibility index (Phi) is 8.64. The van der Waals surface area contributed by atoms with Crippen molar-refractivity contribution in [2.24, 2.45) is 0 Å². The number of carbonyl (C=O) groups excluding carboxylic acids is 1. The minimum atomic E-state index is -3.63. The number of amides is 1. The van der Waals surface area contributed by atoms with E-state index >= 15 is 0 Å². The lowest BCUT2D eigenvalue weighted by Crippen LogP contribution is -2.50. The topological polar surface area (TPSA) is 78.9 Å². The average molecular weight is 500 g/mol. The van der Waals surface area contributed by atoms with E-state index in [1.807, 2.05) is 31.2 Å². The first-order chi connectivity index (χ1) is 15.3. The van der Waals surface area contributed by atoms with Gasteiger partial charge < -0.3 is 14.5 Å². The predicted octanol–water partition coefficient (Wildman–Crippen LogP) is 3.80. The van der Waals surface area contributed by atoms with Gasteiger partial charge in [-0.1, -0.05) is 42.6 Å². The van der Waals surface area contributed by atoms with E-state index in [9.17, 15) is 13.2 Å². The number of nitrogens with one attached hydrogen (secondary N) is 1. The molecule has 0 unspecified atom stereocenters. The summed E-state index contributed by atoms with van der Waals surface area (Å²) < 4.78 is 32.7. The molecular weight excluding hydrogens is 473 g/mol. The molecule has 2 aromatic rings. The summed E-state index contributed by atoms with van der Waals surface area (Å²) >= 11 is 12.3. The second kappa shape index (κ2) is 11.2. The molecule has 0 atom stereocenters. The van der Waals surface area contributed by atoms with Crippen LogP contribution in [-0.2, 0) is 14.8 Å². The number of nitrogens with zero attached hydrogens (tertiary/aromatic N) is 2. The third kappa shape index (κ3) is 6.51. The third-order valence-electron chi connectivity index (χ3n) is 5.19. The van der Waals surface area contributed by atoms with Gasteiger partial charge in [-0.3, -0.25) is 4.79 Å². The Balaban J connectivity index is 1.52. The van der Waals surface area contributed by atoms with Gasteiger partial charge in [-0.25, -0.2) is 13.1 Å². The highest BCUT2D eigenvalue weighted by atomic mass is 35.5. The van der Waals surface area contributed by atoms with E-state index in [2.05, 4.69) is 9.62 Å². The van der Waals surface area contributed by atoms with Crippen LogP contribution in [0.25, 0.3) is 0 Å². The Labute approximate surface area is 199 Å². The van der Waals surface area contributed by atoms with Crippen molar-refractivity contribution in [3.63, 3.8) is 0 Å². The van der Waals surface area contributed by atoms with E-state index < -0.39 is 10.0 Å². The smallest absolute Gasteiger partial charge is 0.260 e. The first kappa shape index (κ1) is 24.6. The Hall–Kier alpha value is -2.00. The maximum absolute atomic E-state index is 12.6. The fourth-order valence-electron chi connectivity index (χ4n) is 3.35. The van der Waals surface area contributed by atoms with E-state index in [1.54, 1.807) is 4.90 Å². The second-order valence-electron chi connectivity index (χ2n) is 7.48. The Morgan fingerprint density at radius 2 is 1.84 bits per heavy atom. The molecule has 0 radical (unpaired) electrons. The number of hydrogen-bond donors (Lipinski definition) is 1. The van der Waals surface area contributed by atoms with Gasteiger partial charge in [0.15, 0.2) is 6.61 Å². The van der Waals surface area contributed by atoms with Crippen LogP contribution in [0, 0.1) is 0 Å². The first-order valence-corrected chi connectivity index (χ1v) is 12.7. The summed E-state index contributed by atoms with van der Waals surface area (Å²) in [6.45, 7) is 4.73. The normalized spacial score (nSPS) is 14.5. The van der Waals surface area contributed by atoms with Crippen LogP contribution in [0.2, 0.25) is 10.0 Å². The molecule has 174 valence electrons. The van der Waals surface area contributed by atoms with E-state index in [0.717, 1.165) is 18.5 Å². The van der Waals surface area contributed by atoms with E-state index in [0.29, 0.717) is 37.7 Å². The molecule has 0 aliphatic carbocycles. The Bertz CT molecular complexity index is 1040. The fourth-order valence-corrected chi connectivity index (χ4v) is 4.93. The lowest BCUT2D eigenvalue weighted by molar-refractivity contribution is -0.133. The largest absolute Gasteiger partial charge is 0.482 e. The molecule has 1 fully saturated rings. The number of benzene rings is 2. The summed E-state index contributed by atoms with van der Waals surface area (Å²) in [5.74, 6) is 0.120. The Morgan fingerprint density at radius 3 is 2.50 bits per heavy atom. The number of sulfonamides is 1. The zero-order valence-electron chi connectivity index (χ0n) is 17.9. The minimum Gasteiger partial charge on any atom is -0.482 e. The van der Waals surface area contributed by atoms with Gasteiger partial charge in [-0.05, 0) is 42.8 Å². The quantitative estimate of drug-likeness (QED) is 0.530. The zero-order chi connectivity index (χ0) is 23.1. The first-order valence-electron chi connectivity index (χ1n) is 10.5. The van der Waals surface area contributed by atoms with Gasteiger partial charge in [0.1, 0.15) is 5.75 Å². The lowest BCUT2D eigenvalue weighted by atomic mass is 10.2. The molecule has 10 heteroatoms. The van der Waals surface area contributed by atoms with Crippen molar-refractivity contribution >= 4 is 44.8 Å². The molecule has 1 heterocycles. The van der Waals surface area contributed by atoms with Gasteiger partial charge in [0.25, 0.3) is 5.91 Å². The molecule has 1 aliphatic heterocycles. The molecular formula is C22H27Cl2N3O4S. The maximum Gasteiger partial charge on any atom is 0.260 e. The summed E-state index contributed by atoms with van der Waals surface area (Å²) in [4.78, 5) is 16.6. The molecule has 3 rings (SSSR count). The number of hydrogen-bond acceptors (Lipinski definition) is 5. The summed E-state index contributed by atoms with van der Waals surface area (Å²) in [5.41, 5.74) is 1.03. The molecule has 1 N–H and O–H groups in total. The highest BCUT2D eigenvalue weighted by Crippen LogP contribution is 2.27. The van der Waals surface area contributed by atoms with E-state index in [1.165, 1.54) is 18.2 Å². The van der Waals surface area contributed by atoms with Gasteiger partial charge >= 0.3 is 0 Å². The lowest BCUT2D eigenvalue weighted by Gasteiger charge is -2.36. The van der Waals surface area contributed by atoms with Crippen molar-refractivity contribution in [3.8, 4) is 5.75 Å². The molecule has 32 heavy (non-hydrogen) atoms. The van der Waals surface area contributed by atoms with Crippen LogP contribution >= 0.6 is 23.2 Å². The third-order valence-corrected chi connectivity index (χ3v) is 7.18. The maximum atomic E-state index is 12.6.